The maximum atomic E-state index is 13.1. The summed E-state index contributed by atoms with van der Waals surface area (Å²) in [5.41, 5.74) is 4.29. The highest BCUT2D eigenvalue weighted by Gasteiger charge is 2.49. The molecule has 0 saturated carbocycles. The highest BCUT2D eigenvalue weighted by atomic mass is 16.5. The minimum absolute atomic E-state index is 0.0957. The number of esters is 1. The lowest BCUT2D eigenvalue weighted by Crippen LogP contribution is -2.31. The summed E-state index contributed by atoms with van der Waals surface area (Å²) in [7, 11) is 0. The molecule has 7 heteroatoms. The van der Waals surface area contributed by atoms with Crippen LogP contribution in [0.2, 0.25) is 0 Å². The number of hydrogen-bond acceptors (Lipinski definition) is 5. The highest BCUT2D eigenvalue weighted by molar-refractivity contribution is 6.22. The van der Waals surface area contributed by atoms with Crippen molar-refractivity contribution < 1.29 is 23.9 Å². The van der Waals surface area contributed by atoms with Crippen molar-refractivity contribution in [2.24, 2.45) is 17.8 Å². The Balaban J connectivity index is 1.27. The summed E-state index contributed by atoms with van der Waals surface area (Å²) in [4.78, 5) is 54.4. The fourth-order valence-corrected chi connectivity index (χ4v) is 5.44. The number of anilines is 2. The molecule has 7 nitrogen and oxygen atoms in total. The third-order valence-electron chi connectivity index (χ3n) is 7.57. The van der Waals surface area contributed by atoms with Gasteiger partial charge in [-0.3, -0.25) is 19.2 Å². The number of aryl methyl sites for hydroxylation is 2. The first-order valence-corrected chi connectivity index (χ1v) is 12.5. The molecule has 2 aromatic carbocycles. The number of amides is 3. The predicted octanol–water partition coefficient (Wildman–Crippen LogP) is 4.36. The molecule has 0 bridgehead atoms. The molecule has 0 N–H and O–H groups in total. The van der Waals surface area contributed by atoms with Crippen LogP contribution in [0.5, 0.6) is 5.75 Å². The fraction of sp³-hybridized carbons (Fsp3) is 0.379. The van der Waals surface area contributed by atoms with Gasteiger partial charge in [-0.25, -0.2) is 4.90 Å². The van der Waals surface area contributed by atoms with Crippen LogP contribution in [0.1, 0.15) is 44.2 Å². The first-order chi connectivity index (χ1) is 17.3. The molecule has 5 rings (SSSR count). The minimum Gasteiger partial charge on any atom is -0.426 e. The Kier molecular flexibility index (Phi) is 6.24. The number of fused-ring (bicyclic) bond motifs is 1. The maximum Gasteiger partial charge on any atom is 0.316 e. The fourth-order valence-electron chi connectivity index (χ4n) is 5.44. The third-order valence-corrected chi connectivity index (χ3v) is 7.57. The van der Waals surface area contributed by atoms with E-state index < -0.39 is 11.9 Å². The highest BCUT2D eigenvalue weighted by Crippen LogP contribution is 2.41. The largest absolute Gasteiger partial charge is 0.426 e. The lowest BCUT2D eigenvalue weighted by molar-refractivity contribution is -0.139. The average Bonchev–Trinajstić information content (AvgIpc) is 3.37. The van der Waals surface area contributed by atoms with Crippen LogP contribution in [0, 0.1) is 24.7 Å². The molecule has 2 aliphatic heterocycles. The third kappa shape index (κ3) is 4.23. The zero-order chi connectivity index (χ0) is 25.6. The van der Waals surface area contributed by atoms with Crippen LogP contribution < -0.4 is 14.5 Å². The molecular weight excluding hydrogens is 456 g/mol. The number of carbonyl (C=O) groups excluding carboxylic acids is 4. The van der Waals surface area contributed by atoms with E-state index in [1.54, 1.807) is 30.0 Å². The Hall–Kier alpha value is -3.74. The van der Waals surface area contributed by atoms with Gasteiger partial charge in [0.2, 0.25) is 17.7 Å². The van der Waals surface area contributed by atoms with Crippen molar-refractivity contribution in [3.8, 4) is 5.75 Å². The van der Waals surface area contributed by atoms with E-state index in [1.807, 2.05) is 37.3 Å². The van der Waals surface area contributed by atoms with Crippen molar-refractivity contribution in [1.29, 1.82) is 0 Å². The van der Waals surface area contributed by atoms with Gasteiger partial charge in [-0.2, -0.15) is 0 Å². The Bertz CT molecular complexity index is 1280. The second-order valence-corrected chi connectivity index (χ2v) is 10.0. The number of rotatable bonds is 5. The molecule has 36 heavy (non-hydrogen) atoms. The number of allylic oxidation sites excluding steroid dienone is 2. The van der Waals surface area contributed by atoms with E-state index >= 15 is 0 Å². The van der Waals surface area contributed by atoms with Crippen molar-refractivity contribution in [1.82, 2.24) is 0 Å². The Morgan fingerprint density at radius 3 is 2.39 bits per heavy atom. The molecule has 2 heterocycles. The second-order valence-electron chi connectivity index (χ2n) is 10.0. The number of imide groups is 1. The minimum atomic E-state index is -0.566. The quantitative estimate of drug-likeness (QED) is 0.271. The lowest BCUT2D eigenvalue weighted by Gasteiger charge is -2.19. The molecule has 2 saturated heterocycles. The molecule has 0 aromatic heterocycles. The summed E-state index contributed by atoms with van der Waals surface area (Å²) >= 11 is 0. The molecule has 0 unspecified atom stereocenters. The molecule has 3 amide bonds. The molecule has 1 aliphatic carbocycles. The molecule has 3 aliphatic rings. The Morgan fingerprint density at radius 2 is 1.69 bits per heavy atom. The molecular formula is C29H30N2O5. The predicted molar refractivity (Wildman–Crippen MR) is 136 cm³/mol. The summed E-state index contributed by atoms with van der Waals surface area (Å²) < 4.78 is 5.61. The van der Waals surface area contributed by atoms with Gasteiger partial charge in [0.25, 0.3) is 0 Å². The Labute approximate surface area is 210 Å². The number of carbonyl (C=O) groups is 4. The van der Waals surface area contributed by atoms with Crippen molar-refractivity contribution >= 4 is 35.1 Å². The van der Waals surface area contributed by atoms with E-state index in [0.29, 0.717) is 29.8 Å². The van der Waals surface area contributed by atoms with Gasteiger partial charge in [0.1, 0.15) is 5.75 Å². The standard InChI is InChI=1S/C29H30N2O5/c1-4-19-6-8-21(9-7-19)30-16-20(15-26(30)32)29(35)36-22-10-12-25(18(3)14-22)31-27(33)23-11-5-17(2)13-24(23)28(31)34/h5-10,12,14,20,23-24H,4,11,13,15-16H2,1-3H3/t20-,23+,24+/m1/s1. The summed E-state index contributed by atoms with van der Waals surface area (Å²) in [5, 5.41) is 0. The van der Waals surface area contributed by atoms with Gasteiger partial charge < -0.3 is 9.64 Å². The zero-order valence-corrected chi connectivity index (χ0v) is 20.8. The molecule has 0 spiro atoms. The van der Waals surface area contributed by atoms with Crippen molar-refractivity contribution in [3.05, 3.63) is 65.2 Å². The molecule has 3 atom stereocenters. The van der Waals surface area contributed by atoms with Gasteiger partial charge in [-0.1, -0.05) is 30.7 Å². The second kappa shape index (κ2) is 9.37. The van der Waals surface area contributed by atoms with Crippen LogP contribution in [-0.4, -0.2) is 30.2 Å². The Morgan fingerprint density at radius 1 is 0.972 bits per heavy atom. The van der Waals surface area contributed by atoms with Gasteiger partial charge in [-0.15, -0.1) is 0 Å². The number of hydrogen-bond donors (Lipinski definition) is 0. The number of ether oxygens (including phenoxy) is 1. The first kappa shape index (κ1) is 24.0. The van der Waals surface area contributed by atoms with Crippen LogP contribution in [0.4, 0.5) is 11.4 Å². The molecule has 186 valence electrons. The smallest absolute Gasteiger partial charge is 0.316 e. The van der Waals surface area contributed by atoms with Crippen LogP contribution in [0.25, 0.3) is 0 Å². The van der Waals surface area contributed by atoms with Crippen LogP contribution >= 0.6 is 0 Å². The van der Waals surface area contributed by atoms with Crippen molar-refractivity contribution in [2.75, 3.05) is 16.3 Å². The van der Waals surface area contributed by atoms with Crippen molar-refractivity contribution in [3.63, 3.8) is 0 Å². The average molecular weight is 487 g/mol. The van der Waals surface area contributed by atoms with E-state index in [4.69, 9.17) is 4.74 Å². The van der Waals surface area contributed by atoms with E-state index in [2.05, 4.69) is 6.92 Å². The summed E-state index contributed by atoms with van der Waals surface area (Å²) in [6, 6.07) is 12.7. The topological polar surface area (TPSA) is 84.0 Å². The van der Waals surface area contributed by atoms with Crippen molar-refractivity contribution in [2.45, 2.75) is 46.5 Å². The molecule has 2 fully saturated rings. The van der Waals surface area contributed by atoms with E-state index in [1.165, 1.54) is 10.5 Å². The van der Waals surface area contributed by atoms with Gasteiger partial charge in [0, 0.05) is 18.7 Å². The van der Waals surface area contributed by atoms with E-state index in [0.717, 1.165) is 17.7 Å². The zero-order valence-electron chi connectivity index (χ0n) is 20.8. The van der Waals surface area contributed by atoms with Gasteiger partial charge >= 0.3 is 5.97 Å². The summed E-state index contributed by atoms with van der Waals surface area (Å²) in [6.45, 7) is 6.12. The van der Waals surface area contributed by atoms with Gasteiger partial charge in [0.15, 0.2) is 0 Å². The van der Waals surface area contributed by atoms with E-state index in [9.17, 15) is 19.2 Å². The van der Waals surface area contributed by atoms with E-state index in [-0.39, 0.29) is 42.5 Å². The normalized spacial score (nSPS) is 23.7. The van der Waals surface area contributed by atoms with Crippen LogP contribution in [0.3, 0.4) is 0 Å². The number of benzene rings is 2. The maximum absolute atomic E-state index is 13.1. The van der Waals surface area contributed by atoms with Gasteiger partial charge in [-0.05, 0) is 74.6 Å². The molecule has 0 radical (unpaired) electrons. The van der Waals surface area contributed by atoms with Gasteiger partial charge in [0.05, 0.1) is 23.4 Å². The monoisotopic (exact) mass is 486 g/mol. The summed E-state index contributed by atoms with van der Waals surface area (Å²) in [5.74, 6) is -1.76. The lowest BCUT2D eigenvalue weighted by atomic mass is 9.82. The first-order valence-electron chi connectivity index (χ1n) is 12.5. The molecule has 2 aromatic rings. The van der Waals surface area contributed by atoms with Crippen LogP contribution in [0.15, 0.2) is 54.1 Å². The summed E-state index contributed by atoms with van der Waals surface area (Å²) in [6.07, 6.45) is 4.25. The van der Waals surface area contributed by atoms with Crippen LogP contribution in [-0.2, 0) is 25.6 Å². The SMILES string of the molecule is CCc1ccc(N2C[C@H](C(=O)Oc3ccc(N4C(=O)[C@H]5CC=C(C)C[C@@H]5C4=O)c(C)c3)CC2=O)cc1. The number of nitrogens with zero attached hydrogens (tertiary/aromatic N) is 2.